The maximum absolute atomic E-state index is 11.8. The average Bonchev–Trinajstić information content (AvgIpc) is 3.59. The Morgan fingerprint density at radius 2 is 1.91 bits per heavy atom. The van der Waals surface area contributed by atoms with Crippen LogP contribution < -0.4 is 4.74 Å². The molecular weight excluding hydrogens is 460 g/mol. The van der Waals surface area contributed by atoms with Crippen molar-refractivity contribution >= 4 is 32.0 Å². The summed E-state index contributed by atoms with van der Waals surface area (Å²) in [6, 6.07) is 19.4. The van der Waals surface area contributed by atoms with Gasteiger partial charge in [-0.25, -0.2) is 12.9 Å². The van der Waals surface area contributed by atoms with Gasteiger partial charge < -0.3 is 4.74 Å². The Morgan fingerprint density at radius 3 is 2.69 bits per heavy atom. The minimum Gasteiger partial charge on any atom is -0.487 e. The highest BCUT2D eigenvalue weighted by atomic mass is 32.2. The van der Waals surface area contributed by atoms with E-state index in [1.807, 2.05) is 59.4 Å². The number of pyridine rings is 1. The van der Waals surface area contributed by atoms with Gasteiger partial charge in [0.25, 0.3) is 0 Å². The standard InChI is InChI=1S/C27H24N4O3S/c1-35(32,33)23-11-9-19(10-12-23)20-7-8-21(13-20)24-14-22(34-17-18-5-3-2-4-6-18)16-31-26(24)25-15-28-29-27(25)30-31/h2-6,9-16,20H,7-8,17H2,1H3,(H,29,30). The first-order chi connectivity index (χ1) is 17.0. The zero-order valence-corrected chi connectivity index (χ0v) is 20.0. The first-order valence-corrected chi connectivity index (χ1v) is 13.4. The van der Waals surface area contributed by atoms with Crippen molar-refractivity contribution in [3.05, 3.63) is 95.8 Å². The first kappa shape index (κ1) is 21.6. The van der Waals surface area contributed by atoms with Crippen LogP contribution in [0.1, 0.15) is 35.4 Å². The number of ether oxygens (including phenoxy) is 1. The van der Waals surface area contributed by atoms with Gasteiger partial charge in [0.1, 0.15) is 12.4 Å². The molecule has 3 aromatic heterocycles. The number of sulfone groups is 1. The van der Waals surface area contributed by atoms with E-state index < -0.39 is 9.84 Å². The van der Waals surface area contributed by atoms with Crippen molar-refractivity contribution in [3.8, 4) is 5.75 Å². The topological polar surface area (TPSA) is 89.4 Å². The van der Waals surface area contributed by atoms with Gasteiger partial charge in [-0.05, 0) is 47.7 Å². The van der Waals surface area contributed by atoms with Crippen molar-refractivity contribution in [2.45, 2.75) is 30.3 Å². The molecule has 6 rings (SSSR count). The largest absolute Gasteiger partial charge is 0.487 e. The summed E-state index contributed by atoms with van der Waals surface area (Å²) in [7, 11) is -3.21. The summed E-state index contributed by atoms with van der Waals surface area (Å²) < 4.78 is 31.7. The van der Waals surface area contributed by atoms with E-state index in [-0.39, 0.29) is 5.92 Å². The molecule has 8 heteroatoms. The third kappa shape index (κ3) is 4.10. The van der Waals surface area contributed by atoms with Gasteiger partial charge in [-0.1, -0.05) is 48.5 Å². The van der Waals surface area contributed by atoms with E-state index in [2.05, 4.69) is 27.4 Å². The molecule has 0 saturated carbocycles. The molecule has 1 unspecified atom stereocenters. The van der Waals surface area contributed by atoms with Crippen LogP contribution in [0.4, 0.5) is 0 Å². The number of allylic oxidation sites excluding steroid dienone is 2. The van der Waals surface area contributed by atoms with E-state index in [4.69, 9.17) is 4.74 Å². The number of hydrogen-bond donors (Lipinski definition) is 1. The molecule has 0 amide bonds. The molecule has 1 aliphatic carbocycles. The second-order valence-corrected chi connectivity index (χ2v) is 11.0. The Bertz CT molecular complexity index is 1670. The predicted octanol–water partition coefficient (Wildman–Crippen LogP) is 5.15. The zero-order valence-electron chi connectivity index (χ0n) is 19.2. The molecule has 35 heavy (non-hydrogen) atoms. The number of nitrogens with zero attached hydrogens (tertiary/aromatic N) is 3. The quantitative estimate of drug-likeness (QED) is 0.360. The lowest BCUT2D eigenvalue weighted by molar-refractivity contribution is 0.304. The molecule has 2 aromatic carbocycles. The third-order valence-corrected chi connectivity index (χ3v) is 7.69. The van der Waals surface area contributed by atoms with Crippen LogP contribution in [0.25, 0.3) is 22.1 Å². The average molecular weight is 485 g/mol. The van der Waals surface area contributed by atoms with E-state index in [0.717, 1.165) is 51.8 Å². The van der Waals surface area contributed by atoms with Crippen molar-refractivity contribution in [1.29, 1.82) is 0 Å². The van der Waals surface area contributed by atoms with Crippen LogP contribution in [0.2, 0.25) is 0 Å². The summed E-state index contributed by atoms with van der Waals surface area (Å²) in [6.45, 7) is 0.473. The fraction of sp³-hybridized carbons (Fsp3) is 0.185. The Hall–Kier alpha value is -3.91. The first-order valence-electron chi connectivity index (χ1n) is 11.5. The SMILES string of the molecule is CS(=O)(=O)c1ccc(C2C=C(c3cc(OCc4ccccc4)cn4nc5[nH]ncc5c34)CC2)cc1. The van der Waals surface area contributed by atoms with Crippen molar-refractivity contribution < 1.29 is 13.2 Å². The van der Waals surface area contributed by atoms with Gasteiger partial charge in [-0.2, -0.15) is 5.10 Å². The molecule has 0 fully saturated rings. The summed E-state index contributed by atoms with van der Waals surface area (Å²) in [6.07, 6.45) is 9.09. The molecule has 7 nitrogen and oxygen atoms in total. The Morgan fingerprint density at radius 1 is 1.11 bits per heavy atom. The van der Waals surface area contributed by atoms with Gasteiger partial charge in [0, 0.05) is 17.7 Å². The van der Waals surface area contributed by atoms with E-state index in [9.17, 15) is 8.42 Å². The number of fused-ring (bicyclic) bond motifs is 3. The highest BCUT2D eigenvalue weighted by Gasteiger charge is 2.23. The van der Waals surface area contributed by atoms with E-state index in [1.54, 1.807) is 12.1 Å². The third-order valence-electron chi connectivity index (χ3n) is 6.56. The van der Waals surface area contributed by atoms with E-state index in [1.165, 1.54) is 11.8 Å². The second kappa shape index (κ2) is 8.39. The molecular formula is C27H24N4O3S. The van der Waals surface area contributed by atoms with Gasteiger partial charge in [0.05, 0.1) is 28.2 Å². The summed E-state index contributed by atoms with van der Waals surface area (Å²) in [5, 5.41) is 12.8. The molecule has 3 heterocycles. The molecule has 0 spiro atoms. The Balaban J connectivity index is 1.38. The fourth-order valence-corrected chi connectivity index (χ4v) is 5.41. The van der Waals surface area contributed by atoms with Gasteiger partial charge in [0.2, 0.25) is 0 Å². The van der Waals surface area contributed by atoms with E-state index >= 15 is 0 Å². The molecule has 176 valence electrons. The molecule has 0 saturated heterocycles. The number of hydrogen-bond acceptors (Lipinski definition) is 5. The number of aromatic amines is 1. The molecule has 0 radical (unpaired) electrons. The number of H-pyrrole nitrogens is 1. The van der Waals surface area contributed by atoms with Crippen LogP contribution in [0.15, 0.2) is 84.0 Å². The van der Waals surface area contributed by atoms with Gasteiger partial charge in [0.15, 0.2) is 15.5 Å². The molecule has 1 atom stereocenters. The normalized spacial score (nSPS) is 16.1. The highest BCUT2D eigenvalue weighted by Crippen LogP contribution is 2.41. The van der Waals surface area contributed by atoms with Crippen LogP contribution in [0, 0.1) is 0 Å². The number of aromatic nitrogens is 4. The summed E-state index contributed by atoms with van der Waals surface area (Å²) in [4.78, 5) is 0.343. The van der Waals surface area contributed by atoms with Gasteiger partial charge in [-0.3, -0.25) is 5.10 Å². The van der Waals surface area contributed by atoms with Crippen molar-refractivity contribution in [2.24, 2.45) is 0 Å². The molecule has 0 aliphatic heterocycles. The summed E-state index contributed by atoms with van der Waals surface area (Å²) in [5.41, 5.74) is 6.25. The summed E-state index contributed by atoms with van der Waals surface area (Å²) in [5.74, 6) is 0.964. The maximum Gasteiger partial charge on any atom is 0.178 e. The molecule has 1 aliphatic rings. The molecule has 0 bridgehead atoms. The lowest BCUT2D eigenvalue weighted by atomic mass is 9.99. The highest BCUT2D eigenvalue weighted by molar-refractivity contribution is 7.90. The second-order valence-electron chi connectivity index (χ2n) is 8.97. The number of nitrogens with one attached hydrogen (secondary N) is 1. The van der Waals surface area contributed by atoms with E-state index in [0.29, 0.717) is 11.5 Å². The zero-order chi connectivity index (χ0) is 24.0. The smallest absolute Gasteiger partial charge is 0.178 e. The van der Waals surface area contributed by atoms with Crippen LogP contribution in [0.5, 0.6) is 5.75 Å². The van der Waals surface area contributed by atoms with Gasteiger partial charge in [-0.15, -0.1) is 5.10 Å². The number of benzene rings is 2. The van der Waals surface area contributed by atoms with Gasteiger partial charge >= 0.3 is 0 Å². The lowest BCUT2D eigenvalue weighted by Gasteiger charge is -2.11. The number of rotatable bonds is 6. The Kier molecular flexibility index (Phi) is 5.18. The molecule has 1 N–H and O–H groups in total. The maximum atomic E-state index is 11.8. The van der Waals surface area contributed by atoms with Crippen molar-refractivity contribution in [2.75, 3.05) is 6.26 Å². The molecule has 5 aromatic rings. The van der Waals surface area contributed by atoms with Crippen molar-refractivity contribution in [1.82, 2.24) is 19.8 Å². The lowest BCUT2D eigenvalue weighted by Crippen LogP contribution is -1.99. The summed E-state index contributed by atoms with van der Waals surface area (Å²) >= 11 is 0. The predicted molar refractivity (Wildman–Crippen MR) is 135 cm³/mol. The van der Waals surface area contributed by atoms with Crippen LogP contribution in [0.3, 0.4) is 0 Å². The Labute approximate surface area is 203 Å². The fourth-order valence-electron chi connectivity index (χ4n) is 4.78. The monoisotopic (exact) mass is 484 g/mol. The van der Waals surface area contributed by atoms with Crippen LogP contribution in [-0.2, 0) is 16.4 Å². The van der Waals surface area contributed by atoms with Crippen LogP contribution in [-0.4, -0.2) is 34.5 Å². The van der Waals surface area contributed by atoms with Crippen LogP contribution >= 0.6 is 0 Å². The van der Waals surface area contributed by atoms with Crippen molar-refractivity contribution in [3.63, 3.8) is 0 Å². The minimum atomic E-state index is -3.21. The minimum absolute atomic E-state index is 0.218.